The molecular weight excluding hydrogens is 631 g/mol. The predicted octanol–water partition coefficient (Wildman–Crippen LogP) is 6.83. The fourth-order valence-corrected chi connectivity index (χ4v) is 7.83. The van der Waals surface area contributed by atoms with E-state index in [1.807, 2.05) is 13.8 Å². The average Bonchev–Trinajstić information content (AvgIpc) is 3.80. The Morgan fingerprint density at radius 3 is 2.48 bits per heavy atom. The van der Waals surface area contributed by atoms with Crippen LogP contribution in [-0.4, -0.2) is 70.8 Å². The smallest absolute Gasteiger partial charge is 0.488 e. The maximum atomic E-state index is 14.0. The molecule has 11 heteroatoms. The molecule has 1 amide bonds. The van der Waals surface area contributed by atoms with Crippen molar-refractivity contribution in [3.63, 3.8) is 0 Å². The van der Waals surface area contributed by atoms with Crippen molar-refractivity contribution in [3.05, 3.63) is 53.9 Å². The second kappa shape index (κ2) is 13.0. The van der Waals surface area contributed by atoms with E-state index < -0.39 is 30.5 Å². The van der Waals surface area contributed by atoms with Crippen LogP contribution in [0.1, 0.15) is 91.6 Å². The van der Waals surface area contributed by atoms with Crippen molar-refractivity contribution in [2.24, 2.45) is 5.92 Å². The van der Waals surface area contributed by atoms with Crippen LogP contribution in [0.15, 0.2) is 42.5 Å². The lowest BCUT2D eigenvalue weighted by Gasteiger charge is -2.34. The largest absolute Gasteiger partial charge is 0.494 e. The third kappa shape index (κ3) is 5.87. The first-order chi connectivity index (χ1) is 23.8. The van der Waals surface area contributed by atoms with E-state index in [4.69, 9.17) is 23.8 Å². The molecule has 3 aliphatic rings. The highest BCUT2D eigenvalue weighted by Crippen LogP contribution is 2.45. The Balaban J connectivity index is 1.19. The Morgan fingerprint density at radius 2 is 1.78 bits per heavy atom. The Morgan fingerprint density at radius 1 is 1.06 bits per heavy atom. The Hall–Kier alpha value is -3.93. The van der Waals surface area contributed by atoms with Gasteiger partial charge in [-0.2, -0.15) is 0 Å². The third-order valence-corrected chi connectivity index (χ3v) is 11.3. The van der Waals surface area contributed by atoms with Crippen molar-refractivity contribution >= 4 is 46.3 Å². The summed E-state index contributed by atoms with van der Waals surface area (Å²) in [5.74, 6) is 1.67. The zero-order chi connectivity index (χ0) is 35.5. The van der Waals surface area contributed by atoms with Gasteiger partial charge in [0.2, 0.25) is 0 Å². The number of Topliss-reactive ketones (excluding diaryl/α,β-unsaturated/α-hetero) is 1. The number of imidazole rings is 1. The molecule has 1 aromatic heterocycles. The van der Waals surface area contributed by atoms with Gasteiger partial charge in [-0.15, -0.1) is 0 Å². The summed E-state index contributed by atoms with van der Waals surface area (Å²) >= 11 is 0. The molecule has 3 atom stereocenters. The van der Waals surface area contributed by atoms with Crippen molar-refractivity contribution in [1.82, 2.24) is 20.2 Å². The fraction of sp³-hybridized carbons (Fsp3) is 0.513. The molecule has 1 unspecified atom stereocenters. The molecule has 0 radical (unpaired) electrons. The monoisotopic (exact) mass is 680 g/mol. The van der Waals surface area contributed by atoms with Crippen molar-refractivity contribution in [3.8, 4) is 16.9 Å². The highest BCUT2D eigenvalue weighted by Gasteiger charge is 2.52. The Labute approximate surface area is 294 Å². The second-order valence-electron chi connectivity index (χ2n) is 15.4. The number of carbonyl (C=O) groups is 2. The van der Waals surface area contributed by atoms with E-state index in [-0.39, 0.29) is 23.8 Å². The molecule has 10 nitrogen and oxygen atoms in total. The maximum absolute atomic E-state index is 14.0. The number of methoxy groups -OCH3 is 1. The van der Waals surface area contributed by atoms with Crippen LogP contribution in [-0.2, 0) is 25.4 Å². The van der Waals surface area contributed by atoms with Crippen LogP contribution in [0, 0.1) is 5.92 Å². The zero-order valence-electron chi connectivity index (χ0n) is 30.5. The molecule has 0 saturated carbocycles. The summed E-state index contributed by atoms with van der Waals surface area (Å²) < 4.78 is 24.0. The van der Waals surface area contributed by atoms with Crippen LogP contribution >= 0.6 is 0 Å². The first-order valence-corrected chi connectivity index (χ1v) is 18.0. The second-order valence-corrected chi connectivity index (χ2v) is 15.4. The van der Waals surface area contributed by atoms with Crippen LogP contribution in [0.4, 0.5) is 4.79 Å². The molecule has 0 bridgehead atoms. The summed E-state index contributed by atoms with van der Waals surface area (Å²) in [5.41, 5.74) is 5.32. The van der Waals surface area contributed by atoms with Gasteiger partial charge in [0.25, 0.3) is 0 Å². The summed E-state index contributed by atoms with van der Waals surface area (Å²) in [6.07, 6.45) is 2.82. The lowest BCUT2D eigenvalue weighted by molar-refractivity contribution is -0.128. The minimum absolute atomic E-state index is 0.0212. The third-order valence-electron chi connectivity index (χ3n) is 11.3. The number of fused-ring (bicyclic) bond motifs is 7. The van der Waals surface area contributed by atoms with Crippen LogP contribution in [0.2, 0.25) is 0 Å². The van der Waals surface area contributed by atoms with Gasteiger partial charge in [-0.05, 0) is 94.2 Å². The number of hydrogen-bond donors (Lipinski definition) is 2. The molecule has 2 N–H and O–H groups in total. The standard InChI is InChI=1S/C39H49BN4O6/c1-9-11-30(34(45)32(22(2)3)43-37(46)47-8)44-19-10-12-31(44)36-41-29-18-17-28-26(33(29)42-36)15-16-27-25-14-13-24(20-23(25)21-48-35(27)28)40-49-38(4,5)39(6,7)50-40/h13-18,20,22,30-32H,9-12,19,21H2,1-8H3,(H,41,42)(H,43,46)/t30?,31-,32-/m0/s1. The van der Waals surface area contributed by atoms with Gasteiger partial charge in [-0.25, -0.2) is 9.78 Å². The molecular formula is C39H49BN4O6. The van der Waals surface area contributed by atoms with Gasteiger partial charge in [0, 0.05) is 16.3 Å². The number of aromatic nitrogens is 2. The lowest BCUT2D eigenvalue weighted by atomic mass is 9.77. The molecule has 0 spiro atoms. The Bertz CT molecular complexity index is 1940. The normalized spacial score (nSPS) is 20.8. The van der Waals surface area contributed by atoms with Crippen LogP contribution < -0.4 is 15.5 Å². The predicted molar refractivity (Wildman–Crippen MR) is 196 cm³/mol. The Kier molecular flexibility index (Phi) is 8.97. The average molecular weight is 681 g/mol. The van der Waals surface area contributed by atoms with E-state index >= 15 is 0 Å². The quantitative estimate of drug-likeness (QED) is 0.185. The van der Waals surface area contributed by atoms with E-state index in [9.17, 15) is 9.59 Å². The SMILES string of the molecule is CCCC(C(=O)[C@@H](NC(=O)OC)C(C)C)N1CCC[C@H]1c1nc2c(ccc3c4c(ccc32)-c2ccc(B3OC(C)(C)C(C)(C)O3)cc2CO4)[nH]1. The van der Waals surface area contributed by atoms with Crippen molar-refractivity contribution in [2.45, 2.75) is 110 Å². The summed E-state index contributed by atoms with van der Waals surface area (Å²) in [5, 5.41) is 4.83. The first-order valence-electron chi connectivity index (χ1n) is 18.0. The number of alkyl carbamates (subject to hydrolysis) is 1. The van der Waals surface area contributed by atoms with E-state index in [2.05, 4.69) is 92.3 Å². The molecule has 3 aromatic carbocycles. The van der Waals surface area contributed by atoms with Gasteiger partial charge in [-0.3, -0.25) is 9.69 Å². The van der Waals surface area contributed by atoms with E-state index in [0.29, 0.717) is 13.0 Å². The summed E-state index contributed by atoms with van der Waals surface area (Å²) in [7, 11) is 0.896. The maximum Gasteiger partial charge on any atom is 0.494 e. The highest BCUT2D eigenvalue weighted by molar-refractivity contribution is 6.62. The number of nitrogens with one attached hydrogen (secondary N) is 2. The van der Waals surface area contributed by atoms with Gasteiger partial charge in [0.1, 0.15) is 18.2 Å². The van der Waals surface area contributed by atoms with Gasteiger partial charge >= 0.3 is 13.2 Å². The number of likely N-dealkylation sites (tertiary alicyclic amines) is 1. The minimum Gasteiger partial charge on any atom is -0.488 e. The lowest BCUT2D eigenvalue weighted by Crippen LogP contribution is -2.53. The summed E-state index contributed by atoms with van der Waals surface area (Å²) in [6, 6.07) is 13.9. The molecule has 4 heterocycles. The number of rotatable bonds is 9. The van der Waals surface area contributed by atoms with Crippen molar-refractivity contribution < 1.29 is 28.4 Å². The minimum atomic E-state index is -0.633. The van der Waals surface area contributed by atoms with Crippen LogP contribution in [0.5, 0.6) is 5.75 Å². The molecule has 0 aliphatic carbocycles. The molecule has 50 heavy (non-hydrogen) atoms. The molecule has 2 saturated heterocycles. The summed E-state index contributed by atoms with van der Waals surface area (Å²) in [4.78, 5) is 37.3. The van der Waals surface area contributed by atoms with Crippen molar-refractivity contribution in [2.75, 3.05) is 13.7 Å². The van der Waals surface area contributed by atoms with E-state index in [0.717, 1.165) is 81.3 Å². The topological polar surface area (TPSA) is 115 Å². The van der Waals surface area contributed by atoms with E-state index in [1.54, 1.807) is 0 Å². The molecule has 7 rings (SSSR count). The highest BCUT2D eigenvalue weighted by atomic mass is 16.7. The number of aromatic amines is 1. The number of ether oxygens (including phenoxy) is 2. The molecule has 3 aliphatic heterocycles. The number of nitrogens with zero attached hydrogens (tertiary/aromatic N) is 2. The number of H-pyrrole nitrogens is 1. The van der Waals surface area contributed by atoms with Crippen LogP contribution in [0.25, 0.3) is 32.9 Å². The summed E-state index contributed by atoms with van der Waals surface area (Å²) in [6.45, 7) is 15.5. The fourth-order valence-electron chi connectivity index (χ4n) is 7.83. The number of amides is 1. The number of ketones is 1. The number of benzene rings is 3. The first kappa shape index (κ1) is 34.5. The number of hydrogen-bond acceptors (Lipinski definition) is 8. The van der Waals surface area contributed by atoms with Gasteiger partial charge in [-0.1, -0.05) is 51.5 Å². The molecule has 4 aromatic rings. The van der Waals surface area contributed by atoms with E-state index in [1.165, 1.54) is 7.11 Å². The van der Waals surface area contributed by atoms with Crippen molar-refractivity contribution in [1.29, 1.82) is 0 Å². The number of carbonyl (C=O) groups excluding carboxylic acids is 2. The molecule has 2 fully saturated rings. The van der Waals surface area contributed by atoms with Gasteiger partial charge in [0.15, 0.2) is 5.78 Å². The molecule has 264 valence electrons. The van der Waals surface area contributed by atoms with Crippen LogP contribution in [0.3, 0.4) is 0 Å². The zero-order valence-corrected chi connectivity index (χ0v) is 30.5. The van der Waals surface area contributed by atoms with Gasteiger partial charge < -0.3 is 29.1 Å². The van der Waals surface area contributed by atoms with Gasteiger partial charge in [0.05, 0.1) is 47.5 Å².